The minimum absolute atomic E-state index is 0.0767. The average molecular weight is 506 g/mol. The van der Waals surface area contributed by atoms with E-state index in [-0.39, 0.29) is 12.3 Å². The van der Waals surface area contributed by atoms with Crippen LogP contribution < -0.4 is 21.7 Å². The highest BCUT2D eigenvalue weighted by molar-refractivity contribution is 7.98. The highest BCUT2D eigenvalue weighted by Crippen LogP contribution is 2.19. The number of para-hydroxylation sites is 1. The van der Waals surface area contributed by atoms with Crippen LogP contribution in [0.2, 0.25) is 0 Å². The Morgan fingerprint density at radius 1 is 1.00 bits per heavy atom. The third-order valence-corrected chi connectivity index (χ3v) is 6.26. The number of carbonyl (C=O) groups is 4. The first kappa shape index (κ1) is 28.2. The van der Waals surface area contributed by atoms with Gasteiger partial charge in [0.2, 0.25) is 17.7 Å². The molecule has 4 unspecified atom stereocenters. The zero-order chi connectivity index (χ0) is 26.1. The molecule has 1 heterocycles. The molecule has 7 N–H and O–H groups in total. The number of nitrogens with one attached hydrogen (secondary N) is 4. The number of nitrogens with two attached hydrogens (primary N) is 1. The van der Waals surface area contributed by atoms with Crippen molar-refractivity contribution < 1.29 is 24.3 Å². The van der Waals surface area contributed by atoms with Gasteiger partial charge in [0.25, 0.3) is 0 Å². The van der Waals surface area contributed by atoms with Gasteiger partial charge < -0.3 is 31.8 Å². The molecule has 0 fully saturated rings. The molecule has 0 aliphatic carbocycles. The Morgan fingerprint density at radius 2 is 1.66 bits per heavy atom. The summed E-state index contributed by atoms with van der Waals surface area (Å²) >= 11 is 1.50. The number of aromatic amines is 1. The molecular weight excluding hydrogens is 470 g/mol. The van der Waals surface area contributed by atoms with Gasteiger partial charge >= 0.3 is 5.97 Å². The number of rotatable bonds is 13. The van der Waals surface area contributed by atoms with Gasteiger partial charge in [-0.3, -0.25) is 14.4 Å². The number of fused-ring (bicyclic) bond motifs is 1. The molecule has 0 aliphatic rings. The lowest BCUT2D eigenvalue weighted by atomic mass is 10.0. The van der Waals surface area contributed by atoms with E-state index in [0.717, 1.165) is 16.5 Å². The second-order valence-corrected chi connectivity index (χ2v) is 9.81. The van der Waals surface area contributed by atoms with E-state index >= 15 is 0 Å². The Kier molecular flexibility index (Phi) is 10.6. The Hall–Kier alpha value is -3.05. The van der Waals surface area contributed by atoms with Crippen LogP contribution in [-0.2, 0) is 25.6 Å². The van der Waals surface area contributed by atoms with Crippen LogP contribution in [0.3, 0.4) is 0 Å². The third-order valence-electron chi connectivity index (χ3n) is 5.62. The van der Waals surface area contributed by atoms with Crippen LogP contribution >= 0.6 is 11.8 Å². The second kappa shape index (κ2) is 13.1. The molecule has 2 rings (SSSR count). The van der Waals surface area contributed by atoms with E-state index in [1.54, 1.807) is 20.0 Å². The Morgan fingerprint density at radius 3 is 2.26 bits per heavy atom. The number of amides is 3. The van der Waals surface area contributed by atoms with Gasteiger partial charge in [0.1, 0.15) is 18.1 Å². The molecule has 1 aromatic heterocycles. The van der Waals surface area contributed by atoms with Crippen LogP contribution in [0, 0.1) is 5.92 Å². The summed E-state index contributed by atoms with van der Waals surface area (Å²) in [5, 5.41) is 18.5. The molecule has 0 saturated heterocycles. The maximum absolute atomic E-state index is 13.1. The zero-order valence-electron chi connectivity index (χ0n) is 20.5. The van der Waals surface area contributed by atoms with Crippen LogP contribution in [0.4, 0.5) is 0 Å². The molecule has 0 aliphatic heterocycles. The summed E-state index contributed by atoms with van der Waals surface area (Å²) in [6.07, 6.45) is 3.97. The molecule has 0 saturated carbocycles. The smallest absolute Gasteiger partial charge is 0.326 e. The van der Waals surface area contributed by atoms with E-state index in [0.29, 0.717) is 12.2 Å². The number of thioether (sulfide) groups is 1. The zero-order valence-corrected chi connectivity index (χ0v) is 21.3. The summed E-state index contributed by atoms with van der Waals surface area (Å²) in [7, 11) is 0. The van der Waals surface area contributed by atoms with E-state index in [1.165, 1.54) is 18.7 Å². The Labute approximate surface area is 209 Å². The largest absolute Gasteiger partial charge is 0.480 e. The fourth-order valence-corrected chi connectivity index (χ4v) is 4.05. The van der Waals surface area contributed by atoms with Crippen LogP contribution in [0.25, 0.3) is 10.9 Å². The fraction of sp³-hybridized carbons (Fsp3) is 0.500. The van der Waals surface area contributed by atoms with Gasteiger partial charge in [-0.05, 0) is 42.9 Å². The number of H-pyrrole nitrogens is 1. The normalized spacial score (nSPS) is 14.7. The molecule has 2 aromatic rings. The summed E-state index contributed by atoms with van der Waals surface area (Å²) in [6.45, 7) is 5.05. The van der Waals surface area contributed by atoms with Crippen molar-refractivity contribution in [1.82, 2.24) is 20.9 Å². The number of benzene rings is 1. The molecular formula is C24H35N5O5S. The molecule has 11 heteroatoms. The molecule has 35 heavy (non-hydrogen) atoms. The van der Waals surface area contributed by atoms with Gasteiger partial charge in [-0.25, -0.2) is 4.79 Å². The Bertz CT molecular complexity index is 1040. The van der Waals surface area contributed by atoms with Crippen molar-refractivity contribution in [2.24, 2.45) is 11.7 Å². The van der Waals surface area contributed by atoms with Gasteiger partial charge in [0.15, 0.2) is 0 Å². The number of carboxylic acids is 1. The predicted octanol–water partition coefficient (Wildman–Crippen LogP) is 1.01. The standard InChI is InChI=1S/C24H35N5O5S/c1-13(2)20(29-21(30)14(3)25)23(32)27-18(9-10-35-4)22(31)28-19(24(33)34)11-15-12-26-17-8-6-5-7-16(15)17/h5-8,12-14,18-20,26H,9-11,25H2,1-4H3,(H,27,32)(H,28,31)(H,29,30)(H,33,34). The van der Waals surface area contributed by atoms with Gasteiger partial charge in [0, 0.05) is 23.5 Å². The lowest BCUT2D eigenvalue weighted by Gasteiger charge is -2.26. The molecule has 0 bridgehead atoms. The van der Waals surface area contributed by atoms with E-state index in [9.17, 15) is 24.3 Å². The van der Waals surface area contributed by atoms with Crippen molar-refractivity contribution in [3.63, 3.8) is 0 Å². The van der Waals surface area contributed by atoms with Crippen LogP contribution in [0.5, 0.6) is 0 Å². The second-order valence-electron chi connectivity index (χ2n) is 8.82. The first-order valence-electron chi connectivity index (χ1n) is 11.5. The number of hydrogen-bond donors (Lipinski definition) is 6. The molecule has 4 atom stereocenters. The number of carboxylic acid groups (broad SMARTS) is 1. The summed E-state index contributed by atoms with van der Waals surface area (Å²) in [6, 6.07) is 3.67. The molecule has 1 aromatic carbocycles. The highest BCUT2D eigenvalue weighted by Gasteiger charge is 2.31. The first-order valence-corrected chi connectivity index (χ1v) is 12.9. The molecule has 0 spiro atoms. The number of aromatic nitrogens is 1. The predicted molar refractivity (Wildman–Crippen MR) is 137 cm³/mol. The van der Waals surface area contributed by atoms with E-state index in [2.05, 4.69) is 20.9 Å². The Balaban J connectivity index is 2.16. The molecule has 3 amide bonds. The molecule has 0 radical (unpaired) electrons. The van der Waals surface area contributed by atoms with Crippen LogP contribution in [-0.4, -0.2) is 70.0 Å². The lowest BCUT2D eigenvalue weighted by molar-refractivity contribution is -0.142. The fourth-order valence-electron chi connectivity index (χ4n) is 3.58. The summed E-state index contributed by atoms with van der Waals surface area (Å²) in [4.78, 5) is 53.2. The maximum atomic E-state index is 13.1. The summed E-state index contributed by atoms with van der Waals surface area (Å²) in [5.74, 6) is -2.47. The van der Waals surface area contributed by atoms with Gasteiger partial charge in [0.05, 0.1) is 6.04 Å². The van der Waals surface area contributed by atoms with Gasteiger partial charge in [-0.15, -0.1) is 0 Å². The highest BCUT2D eigenvalue weighted by atomic mass is 32.2. The molecule has 10 nitrogen and oxygen atoms in total. The van der Waals surface area contributed by atoms with Crippen LogP contribution in [0.1, 0.15) is 32.8 Å². The van der Waals surface area contributed by atoms with Crippen molar-refractivity contribution in [1.29, 1.82) is 0 Å². The van der Waals surface area contributed by atoms with Crippen LogP contribution in [0.15, 0.2) is 30.5 Å². The topological polar surface area (TPSA) is 166 Å². The van der Waals surface area contributed by atoms with Crippen molar-refractivity contribution in [3.05, 3.63) is 36.0 Å². The van der Waals surface area contributed by atoms with E-state index < -0.39 is 47.9 Å². The van der Waals surface area contributed by atoms with E-state index in [1.807, 2.05) is 30.5 Å². The van der Waals surface area contributed by atoms with Crippen molar-refractivity contribution in [3.8, 4) is 0 Å². The lowest BCUT2D eigenvalue weighted by Crippen LogP contribution is -2.58. The monoisotopic (exact) mass is 505 g/mol. The maximum Gasteiger partial charge on any atom is 0.326 e. The SMILES string of the molecule is CSCCC(NC(=O)C(NC(=O)C(C)N)C(C)C)C(=O)NC(Cc1c[nH]c2ccccc12)C(=O)O. The minimum atomic E-state index is -1.19. The van der Waals surface area contributed by atoms with Crippen molar-refractivity contribution >= 4 is 46.4 Å². The first-order chi connectivity index (χ1) is 16.5. The van der Waals surface area contributed by atoms with Crippen molar-refractivity contribution in [2.45, 2.75) is 57.8 Å². The van der Waals surface area contributed by atoms with Gasteiger partial charge in [-0.1, -0.05) is 32.0 Å². The van der Waals surface area contributed by atoms with E-state index in [4.69, 9.17) is 5.73 Å². The number of carbonyl (C=O) groups excluding carboxylic acids is 3. The quantitative estimate of drug-likeness (QED) is 0.236. The average Bonchev–Trinajstić information content (AvgIpc) is 3.21. The van der Waals surface area contributed by atoms with Crippen molar-refractivity contribution in [2.75, 3.05) is 12.0 Å². The van der Waals surface area contributed by atoms with Gasteiger partial charge in [-0.2, -0.15) is 11.8 Å². The molecule has 192 valence electrons. The number of hydrogen-bond acceptors (Lipinski definition) is 6. The minimum Gasteiger partial charge on any atom is -0.480 e. The third kappa shape index (κ3) is 8.00. The number of aliphatic carboxylic acids is 1. The summed E-state index contributed by atoms with van der Waals surface area (Å²) in [5.41, 5.74) is 7.24. The summed E-state index contributed by atoms with van der Waals surface area (Å²) < 4.78 is 0.